The predicted molar refractivity (Wildman–Crippen MR) is 61.3 cm³/mol. The van der Waals surface area contributed by atoms with Gasteiger partial charge in [0.25, 0.3) is 0 Å². The van der Waals surface area contributed by atoms with Gasteiger partial charge in [0, 0.05) is 10.5 Å². The molecule has 0 saturated heterocycles. The summed E-state index contributed by atoms with van der Waals surface area (Å²) in [6.45, 7) is 0.274. The lowest BCUT2D eigenvalue weighted by molar-refractivity contribution is 0.414. The number of nitrogens with zero attached hydrogens (tertiary/aromatic N) is 4. The Kier molecular flexibility index (Phi) is 3.16. The van der Waals surface area contributed by atoms with Gasteiger partial charge >= 0.3 is 0 Å². The number of hydrogen-bond acceptors (Lipinski definition) is 5. The molecule has 0 unspecified atom stereocenters. The molecule has 84 valence electrons. The van der Waals surface area contributed by atoms with Crippen molar-refractivity contribution in [2.45, 2.75) is 6.54 Å². The van der Waals surface area contributed by atoms with E-state index in [-0.39, 0.29) is 6.54 Å². The van der Waals surface area contributed by atoms with E-state index in [1.165, 1.54) is 0 Å². The van der Waals surface area contributed by atoms with Crippen LogP contribution < -0.4 is 10.5 Å². The molecule has 0 aliphatic heterocycles. The lowest BCUT2D eigenvalue weighted by Crippen LogP contribution is -2.08. The molecule has 0 fully saturated rings. The third kappa shape index (κ3) is 1.91. The molecule has 0 radical (unpaired) electrons. The quantitative estimate of drug-likeness (QED) is 0.905. The molecule has 16 heavy (non-hydrogen) atoms. The second-order valence-electron chi connectivity index (χ2n) is 3.03. The molecular weight excluding hydrogens is 274 g/mol. The molecule has 1 aromatic heterocycles. The molecule has 0 bridgehead atoms. The van der Waals surface area contributed by atoms with Crippen molar-refractivity contribution in [3.63, 3.8) is 0 Å². The molecule has 0 atom stereocenters. The van der Waals surface area contributed by atoms with Crippen LogP contribution in [0.5, 0.6) is 5.75 Å². The van der Waals surface area contributed by atoms with Crippen LogP contribution >= 0.6 is 15.9 Å². The summed E-state index contributed by atoms with van der Waals surface area (Å²) in [6.07, 6.45) is 0. The molecule has 0 saturated carbocycles. The average Bonchev–Trinajstić information content (AvgIpc) is 2.77. The molecule has 1 heterocycles. The maximum absolute atomic E-state index is 5.54. The second kappa shape index (κ2) is 4.58. The molecular formula is C9H10BrN5O. The lowest BCUT2D eigenvalue weighted by atomic mass is 10.3. The number of nitrogens with two attached hydrogens (primary N) is 1. The maximum atomic E-state index is 5.54. The Morgan fingerprint density at radius 2 is 2.31 bits per heavy atom. The minimum atomic E-state index is 0.274. The van der Waals surface area contributed by atoms with Gasteiger partial charge in [0.1, 0.15) is 5.75 Å². The van der Waals surface area contributed by atoms with Crippen molar-refractivity contribution in [1.82, 2.24) is 20.2 Å². The first-order chi connectivity index (χ1) is 7.76. The topological polar surface area (TPSA) is 78.8 Å². The Morgan fingerprint density at radius 1 is 1.50 bits per heavy atom. The maximum Gasteiger partial charge on any atom is 0.170 e. The van der Waals surface area contributed by atoms with E-state index in [1.54, 1.807) is 11.8 Å². The van der Waals surface area contributed by atoms with Crippen LogP contribution in [0.1, 0.15) is 5.82 Å². The van der Waals surface area contributed by atoms with Gasteiger partial charge in [0.2, 0.25) is 0 Å². The van der Waals surface area contributed by atoms with Gasteiger partial charge < -0.3 is 10.5 Å². The van der Waals surface area contributed by atoms with Crippen molar-refractivity contribution in [2.24, 2.45) is 5.73 Å². The largest absolute Gasteiger partial charge is 0.497 e. The molecule has 1 aromatic carbocycles. The normalized spacial score (nSPS) is 10.4. The molecule has 0 spiro atoms. The summed E-state index contributed by atoms with van der Waals surface area (Å²) >= 11 is 3.43. The minimum absolute atomic E-state index is 0.274. The zero-order chi connectivity index (χ0) is 11.5. The van der Waals surface area contributed by atoms with Crippen LogP contribution in [0, 0.1) is 0 Å². The fraction of sp³-hybridized carbons (Fsp3) is 0.222. The van der Waals surface area contributed by atoms with Gasteiger partial charge in [-0.3, -0.25) is 0 Å². The van der Waals surface area contributed by atoms with Crippen LogP contribution in [-0.4, -0.2) is 27.3 Å². The van der Waals surface area contributed by atoms with Gasteiger partial charge in [0.15, 0.2) is 5.82 Å². The highest BCUT2D eigenvalue weighted by Gasteiger charge is 2.10. The molecule has 0 amide bonds. The van der Waals surface area contributed by atoms with Crippen LogP contribution in [0.3, 0.4) is 0 Å². The highest BCUT2D eigenvalue weighted by molar-refractivity contribution is 9.10. The summed E-state index contributed by atoms with van der Waals surface area (Å²) in [4.78, 5) is 0. The summed E-state index contributed by atoms with van der Waals surface area (Å²) in [5.41, 5.74) is 6.34. The summed E-state index contributed by atoms with van der Waals surface area (Å²) in [5.74, 6) is 1.32. The third-order valence-electron chi connectivity index (χ3n) is 2.10. The zero-order valence-corrected chi connectivity index (χ0v) is 10.2. The predicted octanol–water partition coefficient (Wildman–Crippen LogP) is 0.892. The van der Waals surface area contributed by atoms with Crippen molar-refractivity contribution in [3.05, 3.63) is 28.5 Å². The molecule has 2 aromatic rings. The molecule has 0 aliphatic carbocycles. The minimum Gasteiger partial charge on any atom is -0.497 e. The Morgan fingerprint density at radius 3 is 3.00 bits per heavy atom. The van der Waals surface area contributed by atoms with E-state index >= 15 is 0 Å². The number of tetrazole rings is 1. The van der Waals surface area contributed by atoms with Gasteiger partial charge in [-0.15, -0.1) is 5.10 Å². The number of benzene rings is 1. The van der Waals surface area contributed by atoms with E-state index in [2.05, 4.69) is 31.5 Å². The Balaban J connectivity index is 2.54. The second-order valence-corrected chi connectivity index (χ2v) is 3.88. The van der Waals surface area contributed by atoms with E-state index in [9.17, 15) is 0 Å². The number of rotatable bonds is 3. The number of halogens is 1. The lowest BCUT2D eigenvalue weighted by Gasteiger charge is -2.07. The fourth-order valence-corrected chi connectivity index (χ4v) is 1.72. The summed E-state index contributed by atoms with van der Waals surface area (Å²) in [5, 5.41) is 11.3. The van der Waals surface area contributed by atoms with Gasteiger partial charge in [-0.2, -0.15) is 4.68 Å². The van der Waals surface area contributed by atoms with Gasteiger partial charge in [0.05, 0.1) is 19.3 Å². The fourth-order valence-electron chi connectivity index (χ4n) is 1.30. The Labute approximate surface area is 101 Å². The molecule has 7 heteroatoms. The van der Waals surface area contributed by atoms with E-state index < -0.39 is 0 Å². The molecule has 0 aliphatic rings. The number of hydrogen-bond donors (Lipinski definition) is 1. The van der Waals surface area contributed by atoms with Crippen molar-refractivity contribution in [1.29, 1.82) is 0 Å². The number of methoxy groups -OCH3 is 1. The van der Waals surface area contributed by atoms with Crippen molar-refractivity contribution in [3.8, 4) is 11.4 Å². The zero-order valence-electron chi connectivity index (χ0n) is 8.59. The molecule has 6 nitrogen and oxygen atoms in total. The molecule has 2 N–H and O–H groups in total. The van der Waals surface area contributed by atoms with E-state index in [4.69, 9.17) is 10.5 Å². The highest BCUT2D eigenvalue weighted by Crippen LogP contribution is 2.25. The van der Waals surface area contributed by atoms with Crippen LogP contribution in [-0.2, 0) is 6.54 Å². The number of aromatic nitrogens is 4. The third-order valence-corrected chi connectivity index (χ3v) is 2.77. The van der Waals surface area contributed by atoms with Crippen LogP contribution in [0.25, 0.3) is 5.69 Å². The number of ether oxygens (including phenoxy) is 1. The summed E-state index contributed by atoms with van der Waals surface area (Å²) in [6, 6.07) is 5.55. The van der Waals surface area contributed by atoms with Crippen molar-refractivity contribution in [2.75, 3.05) is 7.11 Å². The summed E-state index contributed by atoms with van der Waals surface area (Å²) in [7, 11) is 1.61. The van der Waals surface area contributed by atoms with Gasteiger partial charge in [-0.05, 0) is 38.5 Å². The van der Waals surface area contributed by atoms with Crippen LogP contribution in [0.4, 0.5) is 0 Å². The SMILES string of the molecule is COc1ccc(Br)c(-n2nnnc2CN)c1. The Hall–Kier alpha value is -1.47. The first kappa shape index (κ1) is 11.0. The molecule has 2 rings (SSSR count). The first-order valence-corrected chi connectivity index (χ1v) is 5.37. The van der Waals surface area contributed by atoms with Crippen molar-refractivity contribution < 1.29 is 4.74 Å². The van der Waals surface area contributed by atoms with Crippen molar-refractivity contribution >= 4 is 15.9 Å². The van der Waals surface area contributed by atoms with Crippen LogP contribution in [0.15, 0.2) is 22.7 Å². The first-order valence-electron chi connectivity index (χ1n) is 4.57. The van der Waals surface area contributed by atoms with Crippen LogP contribution in [0.2, 0.25) is 0 Å². The Bertz CT molecular complexity index is 498. The highest BCUT2D eigenvalue weighted by atomic mass is 79.9. The van der Waals surface area contributed by atoms with Gasteiger partial charge in [-0.1, -0.05) is 0 Å². The standard InChI is InChI=1S/C9H10BrN5O/c1-16-6-2-3-7(10)8(4-6)15-9(5-11)12-13-14-15/h2-4H,5,11H2,1H3. The van der Waals surface area contributed by atoms with E-state index in [0.29, 0.717) is 5.82 Å². The monoisotopic (exact) mass is 283 g/mol. The smallest absolute Gasteiger partial charge is 0.170 e. The van der Waals surface area contributed by atoms with Gasteiger partial charge in [-0.25, -0.2) is 0 Å². The van der Waals surface area contributed by atoms with E-state index in [0.717, 1.165) is 15.9 Å². The average molecular weight is 284 g/mol. The van der Waals surface area contributed by atoms with E-state index in [1.807, 2.05) is 18.2 Å². The summed E-state index contributed by atoms with van der Waals surface area (Å²) < 4.78 is 7.59.